The second kappa shape index (κ2) is 13.5. The van der Waals surface area contributed by atoms with Crippen LogP contribution in [-0.2, 0) is 21.4 Å². The molecular formula is C28H35N7O6S. The van der Waals surface area contributed by atoms with E-state index in [-0.39, 0.29) is 4.90 Å². The van der Waals surface area contributed by atoms with E-state index in [2.05, 4.69) is 30.4 Å². The van der Waals surface area contributed by atoms with Crippen molar-refractivity contribution in [3.63, 3.8) is 0 Å². The molecule has 1 amide bonds. The maximum absolute atomic E-state index is 13.2. The van der Waals surface area contributed by atoms with Crippen molar-refractivity contribution in [2.75, 3.05) is 25.0 Å². The van der Waals surface area contributed by atoms with E-state index in [4.69, 9.17) is 4.74 Å². The molecule has 13 nitrogen and oxygen atoms in total. The first-order chi connectivity index (χ1) is 20.1. The molecule has 2 aromatic carbocycles. The lowest BCUT2D eigenvalue weighted by atomic mass is 10.1. The number of carboxylic acid groups (broad SMARTS) is 1. The number of nitrogens with one attached hydrogen (secondary N) is 4. The van der Waals surface area contributed by atoms with E-state index >= 15 is 0 Å². The Morgan fingerprint density at radius 2 is 1.93 bits per heavy atom. The molecule has 0 aliphatic carbocycles. The summed E-state index contributed by atoms with van der Waals surface area (Å²) in [5.74, 6) is -0.721. The summed E-state index contributed by atoms with van der Waals surface area (Å²) in [5.41, 5.74) is 1.98. The highest BCUT2D eigenvalue weighted by Gasteiger charge is 2.28. The summed E-state index contributed by atoms with van der Waals surface area (Å²) >= 11 is 0. The number of sulfonamides is 1. The minimum atomic E-state index is -4.22. The fourth-order valence-electron chi connectivity index (χ4n) is 4.56. The lowest BCUT2D eigenvalue weighted by Crippen LogP contribution is -2.48. The lowest BCUT2D eigenvalue weighted by Gasteiger charge is -2.18. The third-order valence-electron chi connectivity index (χ3n) is 6.48. The van der Waals surface area contributed by atoms with Crippen LogP contribution >= 0.6 is 0 Å². The maximum Gasteiger partial charge on any atom is 0.323 e. The van der Waals surface area contributed by atoms with Gasteiger partial charge in [-0.3, -0.25) is 14.3 Å². The van der Waals surface area contributed by atoms with E-state index in [1.807, 2.05) is 11.6 Å². The Balaban J connectivity index is 1.37. The number of carboxylic acids is 1. The number of rotatable bonds is 15. The molecule has 2 heterocycles. The first-order valence-electron chi connectivity index (χ1n) is 13.5. The summed E-state index contributed by atoms with van der Waals surface area (Å²) < 4.78 is 36.0. The van der Waals surface area contributed by atoms with Gasteiger partial charge in [-0.2, -0.15) is 9.82 Å². The van der Waals surface area contributed by atoms with Crippen molar-refractivity contribution >= 4 is 38.8 Å². The van der Waals surface area contributed by atoms with Gasteiger partial charge in [0.2, 0.25) is 10.0 Å². The lowest BCUT2D eigenvalue weighted by molar-refractivity contribution is -0.138. The summed E-state index contributed by atoms with van der Waals surface area (Å²) in [4.78, 5) is 31.9. The number of anilines is 1. The molecule has 0 radical (unpaired) electrons. The molecule has 4 aromatic rings. The number of aliphatic carboxylic acids is 1. The summed E-state index contributed by atoms with van der Waals surface area (Å²) in [6.07, 6.45) is 6.66. The number of H-pyrrole nitrogens is 1. The molecule has 0 spiro atoms. The van der Waals surface area contributed by atoms with Crippen LogP contribution in [0.5, 0.6) is 5.75 Å². The van der Waals surface area contributed by atoms with Crippen molar-refractivity contribution in [2.45, 2.75) is 51.1 Å². The van der Waals surface area contributed by atoms with Gasteiger partial charge in [-0.05, 0) is 68.1 Å². The number of amides is 1. The van der Waals surface area contributed by atoms with Crippen LogP contribution in [0.15, 0.2) is 53.8 Å². The van der Waals surface area contributed by atoms with Crippen LogP contribution in [0.1, 0.15) is 41.3 Å². The van der Waals surface area contributed by atoms with Gasteiger partial charge >= 0.3 is 5.97 Å². The standard InChI is InChI=1S/C28H35N7O6S/c1-4-12-41-22-13-18(2)25(19(3)14-22)42(39,40)34-23(27(37)38)17-32-26(36)20-6-7-24-21(15-20)16-33-35(24)11-5-8-29-28-30-9-10-31-28/h6-7,9-10,13-16,23,34H,4-5,8,11-12,17H2,1-3H3,(H,32,36)(H,37,38)(H2,29,30,31)/t23-/m0/s1. The van der Waals surface area contributed by atoms with Crippen molar-refractivity contribution < 1.29 is 27.9 Å². The highest BCUT2D eigenvalue weighted by atomic mass is 32.2. The number of ether oxygens (including phenoxy) is 1. The van der Waals surface area contributed by atoms with Crippen LogP contribution in [0.3, 0.4) is 0 Å². The number of aryl methyl sites for hydroxylation is 3. The molecule has 0 saturated carbocycles. The zero-order valence-electron chi connectivity index (χ0n) is 23.7. The van der Waals surface area contributed by atoms with Crippen molar-refractivity contribution in [1.29, 1.82) is 0 Å². The van der Waals surface area contributed by atoms with Gasteiger partial charge < -0.3 is 25.5 Å². The zero-order chi connectivity index (χ0) is 30.3. The third-order valence-corrected chi connectivity index (χ3v) is 8.26. The van der Waals surface area contributed by atoms with E-state index in [0.717, 1.165) is 23.7 Å². The van der Waals surface area contributed by atoms with E-state index in [1.54, 1.807) is 62.8 Å². The van der Waals surface area contributed by atoms with Crippen LogP contribution in [0.2, 0.25) is 0 Å². The second-order valence-corrected chi connectivity index (χ2v) is 11.5. The normalized spacial score (nSPS) is 12.3. The number of aromatic amines is 1. The summed E-state index contributed by atoms with van der Waals surface area (Å²) in [7, 11) is -4.22. The number of imidazole rings is 1. The quantitative estimate of drug-likeness (QED) is 0.129. The fraction of sp³-hybridized carbons (Fsp3) is 0.357. The predicted molar refractivity (Wildman–Crippen MR) is 157 cm³/mol. The van der Waals surface area contributed by atoms with Crippen LogP contribution in [0.4, 0.5) is 5.95 Å². The average molecular weight is 598 g/mol. The Morgan fingerprint density at radius 1 is 1.17 bits per heavy atom. The molecule has 2 aromatic heterocycles. The third kappa shape index (κ3) is 7.44. The van der Waals surface area contributed by atoms with Crippen LogP contribution in [-0.4, -0.2) is 70.9 Å². The smallest absolute Gasteiger partial charge is 0.323 e. The predicted octanol–water partition coefficient (Wildman–Crippen LogP) is 2.83. The highest BCUT2D eigenvalue weighted by molar-refractivity contribution is 7.89. The van der Waals surface area contributed by atoms with Gasteiger partial charge in [-0.1, -0.05) is 6.92 Å². The molecule has 0 fully saturated rings. The summed E-state index contributed by atoms with van der Waals surface area (Å²) in [6.45, 7) is 6.58. The Hall–Kier alpha value is -4.43. The molecule has 4 rings (SSSR count). The number of fused-ring (bicyclic) bond motifs is 1. The minimum Gasteiger partial charge on any atom is -0.494 e. The van der Waals surface area contributed by atoms with Crippen LogP contribution in [0.25, 0.3) is 10.9 Å². The second-order valence-electron chi connectivity index (χ2n) is 9.82. The molecule has 224 valence electrons. The van der Waals surface area contributed by atoms with Gasteiger partial charge in [0.25, 0.3) is 5.91 Å². The number of nitrogens with zero attached hydrogens (tertiary/aromatic N) is 3. The Kier molecular flexibility index (Phi) is 9.80. The van der Waals surface area contributed by atoms with Crippen molar-refractivity contribution in [3.05, 3.63) is 65.6 Å². The van der Waals surface area contributed by atoms with Gasteiger partial charge in [-0.15, -0.1) is 0 Å². The minimum absolute atomic E-state index is 0.0249. The van der Waals surface area contributed by atoms with E-state index in [0.29, 0.717) is 48.1 Å². The molecule has 42 heavy (non-hydrogen) atoms. The molecule has 0 aliphatic heterocycles. The molecule has 5 N–H and O–H groups in total. The largest absolute Gasteiger partial charge is 0.494 e. The Labute approximate surface area is 243 Å². The van der Waals surface area contributed by atoms with Crippen LogP contribution in [0, 0.1) is 13.8 Å². The molecular weight excluding hydrogens is 562 g/mol. The van der Waals surface area contributed by atoms with E-state index in [1.165, 1.54) is 0 Å². The number of hydrogen-bond donors (Lipinski definition) is 5. The fourth-order valence-corrected chi connectivity index (χ4v) is 6.21. The SMILES string of the molecule is CCCOc1cc(C)c(S(=O)(=O)N[C@@H](CNC(=O)c2ccc3c(cnn3CCCNc3ncc[nH]3)c2)C(=O)O)c(C)c1. The summed E-state index contributed by atoms with van der Waals surface area (Å²) in [6, 6.07) is 6.66. The number of carbonyl (C=O) groups excluding carboxylic acids is 1. The maximum atomic E-state index is 13.2. The van der Waals surface area contributed by atoms with Crippen molar-refractivity contribution in [3.8, 4) is 5.75 Å². The van der Waals surface area contributed by atoms with Gasteiger partial charge in [0.05, 0.1) is 23.2 Å². The molecule has 0 aliphatic rings. The number of carbonyl (C=O) groups is 2. The van der Waals surface area contributed by atoms with Crippen LogP contribution < -0.4 is 20.1 Å². The Bertz CT molecular complexity index is 1630. The van der Waals surface area contributed by atoms with E-state index in [9.17, 15) is 23.1 Å². The van der Waals surface area contributed by atoms with Gasteiger partial charge in [0, 0.05) is 43.0 Å². The topological polar surface area (TPSA) is 180 Å². The molecule has 0 saturated heterocycles. The monoisotopic (exact) mass is 597 g/mol. The van der Waals surface area contributed by atoms with Crippen molar-refractivity contribution in [2.24, 2.45) is 0 Å². The first-order valence-corrected chi connectivity index (χ1v) is 15.0. The molecule has 0 unspecified atom stereocenters. The number of aromatic nitrogens is 4. The number of hydrogen-bond acceptors (Lipinski definition) is 8. The van der Waals surface area contributed by atoms with Gasteiger partial charge in [-0.25, -0.2) is 13.4 Å². The molecule has 1 atom stereocenters. The molecule has 0 bridgehead atoms. The highest BCUT2D eigenvalue weighted by Crippen LogP contribution is 2.26. The van der Waals surface area contributed by atoms with Gasteiger partial charge in [0.1, 0.15) is 11.8 Å². The van der Waals surface area contributed by atoms with Crippen molar-refractivity contribution in [1.82, 2.24) is 29.8 Å². The number of benzene rings is 2. The van der Waals surface area contributed by atoms with E-state index < -0.39 is 34.5 Å². The first kappa shape index (κ1) is 30.5. The van der Waals surface area contributed by atoms with Gasteiger partial charge in [0.15, 0.2) is 5.95 Å². The summed E-state index contributed by atoms with van der Waals surface area (Å²) in [5, 5.41) is 20.6. The zero-order valence-corrected chi connectivity index (χ0v) is 24.5. The average Bonchev–Trinajstić information content (AvgIpc) is 3.61. The Morgan fingerprint density at radius 3 is 2.60 bits per heavy atom. The molecule has 14 heteroatoms.